The Morgan fingerprint density at radius 1 is 1.56 bits per heavy atom. The van der Waals surface area contributed by atoms with Crippen LogP contribution in [0.2, 0.25) is 0 Å². The maximum absolute atomic E-state index is 11.2. The first kappa shape index (κ1) is 12.6. The van der Waals surface area contributed by atoms with Gasteiger partial charge in [-0.15, -0.1) is 11.3 Å². The molecule has 5 nitrogen and oxygen atoms in total. The Kier molecular flexibility index (Phi) is 4.42. The summed E-state index contributed by atoms with van der Waals surface area (Å²) in [7, 11) is 0. The second kappa shape index (κ2) is 5.60. The topological polar surface area (TPSA) is 68.3 Å². The smallest absolute Gasteiger partial charge is 0.413 e. The van der Waals surface area contributed by atoms with E-state index in [1.165, 1.54) is 18.3 Å². The number of carbonyl (C=O) groups is 2. The van der Waals surface area contributed by atoms with Gasteiger partial charge in [-0.2, -0.15) is 0 Å². The largest absolute Gasteiger partial charge is 0.449 e. The number of amides is 1. The molecule has 0 fully saturated rings. The van der Waals surface area contributed by atoms with Crippen LogP contribution in [0.4, 0.5) is 9.93 Å². The van der Waals surface area contributed by atoms with Crippen LogP contribution < -0.4 is 5.32 Å². The van der Waals surface area contributed by atoms with Crippen LogP contribution in [0.25, 0.3) is 0 Å². The molecule has 1 N–H and O–H groups in total. The van der Waals surface area contributed by atoms with Crippen molar-refractivity contribution in [3.8, 4) is 0 Å². The Labute approximate surface area is 97.8 Å². The molecular formula is C10H14N2O3S. The molecule has 1 amide bonds. The molecular weight excluding hydrogens is 228 g/mol. The van der Waals surface area contributed by atoms with Crippen molar-refractivity contribution in [1.29, 1.82) is 0 Å². The third-order valence-electron chi connectivity index (χ3n) is 1.62. The molecule has 0 saturated heterocycles. The van der Waals surface area contributed by atoms with Gasteiger partial charge in [0.1, 0.15) is 5.69 Å². The van der Waals surface area contributed by atoms with Gasteiger partial charge in [-0.25, -0.2) is 9.78 Å². The van der Waals surface area contributed by atoms with Gasteiger partial charge < -0.3 is 4.74 Å². The van der Waals surface area contributed by atoms with Gasteiger partial charge in [-0.3, -0.25) is 10.1 Å². The Morgan fingerprint density at radius 2 is 2.25 bits per heavy atom. The van der Waals surface area contributed by atoms with Gasteiger partial charge in [0.2, 0.25) is 0 Å². The molecule has 0 spiro atoms. The molecule has 0 atom stereocenters. The number of carbonyl (C=O) groups excluding carboxylic acids is 2. The van der Waals surface area contributed by atoms with E-state index >= 15 is 0 Å². The zero-order valence-corrected chi connectivity index (χ0v) is 10.3. The lowest BCUT2D eigenvalue weighted by atomic mass is 10.2. The molecule has 0 aromatic carbocycles. The number of nitrogens with zero attached hydrogens (tertiary/aromatic N) is 1. The first-order valence-corrected chi connectivity index (χ1v) is 5.77. The number of nitrogens with one attached hydrogen (secondary N) is 1. The average molecular weight is 242 g/mol. The number of rotatable bonds is 4. The lowest BCUT2D eigenvalue weighted by Crippen LogP contribution is -2.16. The molecule has 0 aliphatic carbocycles. The van der Waals surface area contributed by atoms with E-state index in [2.05, 4.69) is 10.3 Å². The Hall–Kier alpha value is -1.43. The van der Waals surface area contributed by atoms with Gasteiger partial charge in [0, 0.05) is 12.3 Å². The Morgan fingerprint density at radius 3 is 2.75 bits per heavy atom. The van der Waals surface area contributed by atoms with E-state index in [9.17, 15) is 9.59 Å². The van der Waals surface area contributed by atoms with Crippen molar-refractivity contribution in [3.63, 3.8) is 0 Å². The lowest BCUT2D eigenvalue weighted by Gasteiger charge is -2.06. The van der Waals surface area contributed by atoms with Gasteiger partial charge in [0.05, 0.1) is 6.61 Å². The summed E-state index contributed by atoms with van der Waals surface area (Å²) in [6, 6.07) is 0. The predicted octanol–water partition coefficient (Wildman–Crippen LogP) is 2.55. The fourth-order valence-corrected chi connectivity index (χ4v) is 1.59. The van der Waals surface area contributed by atoms with Crippen LogP contribution in [-0.2, 0) is 4.74 Å². The minimum Gasteiger partial charge on any atom is -0.449 e. The first-order valence-electron chi connectivity index (χ1n) is 4.89. The van der Waals surface area contributed by atoms with Gasteiger partial charge >= 0.3 is 6.09 Å². The van der Waals surface area contributed by atoms with Gasteiger partial charge in [0.25, 0.3) is 0 Å². The van der Waals surface area contributed by atoms with Gasteiger partial charge in [-0.1, -0.05) is 13.8 Å². The van der Waals surface area contributed by atoms with E-state index in [0.717, 1.165) is 0 Å². The molecule has 0 aliphatic heterocycles. The van der Waals surface area contributed by atoms with Crippen molar-refractivity contribution in [3.05, 3.63) is 11.1 Å². The van der Waals surface area contributed by atoms with Crippen molar-refractivity contribution in [1.82, 2.24) is 4.98 Å². The quantitative estimate of drug-likeness (QED) is 0.824. The van der Waals surface area contributed by atoms with Crippen molar-refractivity contribution in [2.75, 3.05) is 11.9 Å². The fourth-order valence-electron chi connectivity index (χ4n) is 0.859. The number of hydrogen-bond donors (Lipinski definition) is 1. The van der Waals surface area contributed by atoms with E-state index in [4.69, 9.17) is 4.74 Å². The number of ether oxygens (including phenoxy) is 1. The fraction of sp³-hybridized carbons (Fsp3) is 0.500. The molecule has 6 heteroatoms. The number of anilines is 1. The minimum atomic E-state index is -0.543. The van der Waals surface area contributed by atoms with Crippen LogP contribution in [0.5, 0.6) is 0 Å². The summed E-state index contributed by atoms with van der Waals surface area (Å²) < 4.78 is 4.91. The maximum atomic E-state index is 11.2. The molecule has 0 unspecified atom stereocenters. The van der Waals surface area contributed by atoms with Crippen molar-refractivity contribution in [2.24, 2.45) is 5.92 Å². The molecule has 1 rings (SSSR count). The zero-order chi connectivity index (χ0) is 12.1. The lowest BCUT2D eigenvalue weighted by molar-refractivity contribution is 0.101. The highest BCUT2D eigenvalue weighted by Crippen LogP contribution is 2.15. The van der Waals surface area contributed by atoms with E-state index in [0.29, 0.717) is 17.4 Å². The molecule has 16 heavy (non-hydrogen) atoms. The molecule has 1 aromatic rings. The van der Waals surface area contributed by atoms with Crippen LogP contribution in [0, 0.1) is 5.92 Å². The van der Waals surface area contributed by atoms with Crippen LogP contribution in [0.3, 0.4) is 0 Å². The summed E-state index contributed by atoms with van der Waals surface area (Å²) >= 11 is 1.20. The highest BCUT2D eigenvalue weighted by Gasteiger charge is 2.09. The molecule has 1 heterocycles. The molecule has 0 saturated carbocycles. The molecule has 1 aromatic heterocycles. The SMILES string of the molecule is CC(=O)c1csc(NC(=O)OCC(C)C)n1. The van der Waals surface area contributed by atoms with Crippen LogP contribution in [-0.4, -0.2) is 23.5 Å². The van der Waals surface area contributed by atoms with Crippen LogP contribution in [0.15, 0.2) is 5.38 Å². The highest BCUT2D eigenvalue weighted by atomic mass is 32.1. The van der Waals surface area contributed by atoms with E-state index in [1.54, 1.807) is 5.38 Å². The second-order valence-corrected chi connectivity index (χ2v) is 4.57. The normalized spacial score (nSPS) is 10.2. The number of hydrogen-bond acceptors (Lipinski definition) is 5. The van der Waals surface area contributed by atoms with E-state index < -0.39 is 6.09 Å². The standard InChI is InChI=1S/C10H14N2O3S/c1-6(2)4-15-10(14)12-9-11-8(5-16-9)7(3)13/h5-6H,4H2,1-3H3,(H,11,12,14). The molecule has 0 radical (unpaired) electrons. The van der Waals surface area contributed by atoms with Crippen molar-refractivity contribution in [2.45, 2.75) is 20.8 Å². The van der Waals surface area contributed by atoms with Gasteiger partial charge in [-0.05, 0) is 5.92 Å². The number of aromatic nitrogens is 1. The summed E-state index contributed by atoms with van der Waals surface area (Å²) in [6.45, 7) is 5.68. The minimum absolute atomic E-state index is 0.125. The first-order chi connectivity index (χ1) is 7.49. The Bertz CT molecular complexity index is 387. The predicted molar refractivity (Wildman–Crippen MR) is 61.9 cm³/mol. The van der Waals surface area contributed by atoms with E-state index in [-0.39, 0.29) is 11.7 Å². The van der Waals surface area contributed by atoms with E-state index in [1.807, 2.05) is 13.8 Å². The summed E-state index contributed by atoms with van der Waals surface area (Å²) in [5.41, 5.74) is 0.351. The summed E-state index contributed by atoms with van der Waals surface area (Å²) in [4.78, 5) is 26.1. The summed E-state index contributed by atoms with van der Waals surface area (Å²) in [5.74, 6) is 0.162. The number of Topliss-reactive ketones (excluding diaryl/α,β-unsaturated/α-hetero) is 1. The zero-order valence-electron chi connectivity index (χ0n) is 9.44. The molecule has 0 aliphatic rings. The Balaban J connectivity index is 2.46. The number of thiazole rings is 1. The van der Waals surface area contributed by atoms with Crippen LogP contribution in [0.1, 0.15) is 31.3 Å². The molecule has 88 valence electrons. The maximum Gasteiger partial charge on any atom is 0.413 e. The third kappa shape index (κ3) is 3.98. The molecule has 0 bridgehead atoms. The summed E-state index contributed by atoms with van der Waals surface area (Å²) in [5, 5.41) is 4.44. The summed E-state index contributed by atoms with van der Waals surface area (Å²) in [6.07, 6.45) is -0.543. The number of ketones is 1. The third-order valence-corrected chi connectivity index (χ3v) is 2.38. The van der Waals surface area contributed by atoms with Gasteiger partial charge in [0.15, 0.2) is 10.9 Å². The highest BCUT2D eigenvalue weighted by molar-refractivity contribution is 7.14. The van der Waals surface area contributed by atoms with Crippen molar-refractivity contribution >= 4 is 28.3 Å². The van der Waals surface area contributed by atoms with Crippen molar-refractivity contribution < 1.29 is 14.3 Å². The monoisotopic (exact) mass is 242 g/mol. The van der Waals surface area contributed by atoms with Crippen LogP contribution >= 0.6 is 11.3 Å². The second-order valence-electron chi connectivity index (χ2n) is 3.71. The average Bonchev–Trinajstić information content (AvgIpc) is 2.63.